The number of H-pyrrole nitrogens is 1. The lowest BCUT2D eigenvalue weighted by molar-refractivity contribution is -0.701. The highest BCUT2D eigenvalue weighted by Gasteiger charge is 2.01. The fourth-order valence-corrected chi connectivity index (χ4v) is 1.17. The third-order valence-electron chi connectivity index (χ3n) is 1.51. The van der Waals surface area contributed by atoms with E-state index in [9.17, 15) is 0 Å². The Hall–Kier alpha value is -0.310. The van der Waals surface area contributed by atoms with E-state index in [0.717, 1.165) is 11.9 Å². The van der Waals surface area contributed by atoms with Crippen molar-refractivity contribution in [3.63, 3.8) is 0 Å². The van der Waals surface area contributed by atoms with Gasteiger partial charge in [0.05, 0.1) is 6.54 Å². The van der Waals surface area contributed by atoms with Crippen LogP contribution in [0, 0.1) is 6.92 Å². The summed E-state index contributed by atoms with van der Waals surface area (Å²) in [5.74, 6) is 1.22. The molecule has 0 saturated heterocycles. The van der Waals surface area contributed by atoms with Gasteiger partial charge in [0.25, 0.3) is 5.82 Å². The number of alkyl halides is 1. The second-order valence-corrected chi connectivity index (χ2v) is 3.07. The van der Waals surface area contributed by atoms with Gasteiger partial charge in [-0.15, -0.1) is 0 Å². The monoisotopic (exact) mass is 203 g/mol. The lowest BCUT2D eigenvalue weighted by Crippen LogP contribution is -2.34. The summed E-state index contributed by atoms with van der Waals surface area (Å²) >= 11 is 3.40. The smallest absolute Gasteiger partial charge is 0.248 e. The van der Waals surface area contributed by atoms with Gasteiger partial charge in [0.2, 0.25) is 0 Å². The average molecular weight is 204 g/mol. The third kappa shape index (κ3) is 1.84. The van der Waals surface area contributed by atoms with Crippen molar-refractivity contribution < 1.29 is 4.57 Å². The quantitative estimate of drug-likeness (QED) is 0.567. The number of hydrogen-bond acceptors (Lipinski definition) is 0. The topological polar surface area (TPSA) is 19.7 Å². The molecular formula is C7H12BrN2+. The zero-order valence-electron chi connectivity index (χ0n) is 6.10. The molecule has 0 spiro atoms. The van der Waals surface area contributed by atoms with Gasteiger partial charge in [-0.2, -0.15) is 0 Å². The summed E-state index contributed by atoms with van der Waals surface area (Å²) in [5.41, 5.74) is 0. The Balaban J connectivity index is 2.49. The second-order valence-electron chi connectivity index (χ2n) is 2.28. The molecule has 0 aliphatic carbocycles. The number of nitrogens with zero attached hydrogens (tertiary/aromatic N) is 1. The lowest BCUT2D eigenvalue weighted by atomic mass is 10.5. The van der Waals surface area contributed by atoms with Crippen LogP contribution in [0.5, 0.6) is 0 Å². The molecule has 1 aromatic heterocycles. The predicted molar refractivity (Wildman–Crippen MR) is 44.1 cm³/mol. The zero-order chi connectivity index (χ0) is 7.40. The van der Waals surface area contributed by atoms with Crippen LogP contribution >= 0.6 is 15.9 Å². The van der Waals surface area contributed by atoms with Crippen LogP contribution in [0.2, 0.25) is 0 Å². The van der Waals surface area contributed by atoms with Crippen molar-refractivity contribution >= 4 is 15.9 Å². The Bertz CT molecular complexity index is 195. The van der Waals surface area contributed by atoms with Gasteiger partial charge in [-0.05, 0) is 6.42 Å². The average Bonchev–Trinajstić information content (AvgIpc) is 2.31. The summed E-state index contributed by atoms with van der Waals surface area (Å²) in [4.78, 5) is 3.13. The van der Waals surface area contributed by atoms with E-state index in [4.69, 9.17) is 0 Å². The lowest BCUT2D eigenvalue weighted by Gasteiger charge is -1.93. The van der Waals surface area contributed by atoms with E-state index < -0.39 is 0 Å². The van der Waals surface area contributed by atoms with E-state index in [1.807, 2.05) is 6.20 Å². The Morgan fingerprint density at radius 1 is 1.70 bits per heavy atom. The number of hydrogen-bond donors (Lipinski definition) is 1. The molecule has 2 nitrogen and oxygen atoms in total. The summed E-state index contributed by atoms with van der Waals surface area (Å²) in [5, 5.41) is 1.07. The van der Waals surface area contributed by atoms with E-state index in [2.05, 4.69) is 38.6 Å². The highest BCUT2D eigenvalue weighted by Crippen LogP contribution is 1.88. The maximum atomic E-state index is 3.40. The van der Waals surface area contributed by atoms with E-state index in [-0.39, 0.29) is 0 Å². The summed E-state index contributed by atoms with van der Waals surface area (Å²) in [6, 6.07) is 0. The van der Waals surface area contributed by atoms with Crippen molar-refractivity contribution in [2.24, 2.45) is 0 Å². The minimum atomic E-state index is 1.07. The standard InChI is InChI=1S/C7H11BrN2/c1-7-9-4-6-10(7)5-2-3-8/h4,6H,2-3,5H2,1H3/p+1. The number of aromatic nitrogens is 2. The van der Waals surface area contributed by atoms with Crippen molar-refractivity contribution in [1.29, 1.82) is 0 Å². The van der Waals surface area contributed by atoms with Crippen LogP contribution in [-0.4, -0.2) is 10.3 Å². The molecule has 3 heteroatoms. The van der Waals surface area contributed by atoms with Gasteiger partial charge in [-0.1, -0.05) is 15.9 Å². The third-order valence-corrected chi connectivity index (χ3v) is 2.07. The summed E-state index contributed by atoms with van der Waals surface area (Å²) in [6.45, 7) is 3.18. The molecule has 0 aliphatic rings. The number of halogens is 1. The van der Waals surface area contributed by atoms with Gasteiger partial charge >= 0.3 is 0 Å². The van der Waals surface area contributed by atoms with Gasteiger partial charge < -0.3 is 0 Å². The van der Waals surface area contributed by atoms with Crippen LogP contribution in [0.3, 0.4) is 0 Å². The van der Waals surface area contributed by atoms with Crippen LogP contribution in [0.15, 0.2) is 12.4 Å². The maximum Gasteiger partial charge on any atom is 0.251 e. The van der Waals surface area contributed by atoms with E-state index in [1.54, 1.807) is 0 Å². The number of rotatable bonds is 3. The highest BCUT2D eigenvalue weighted by atomic mass is 79.9. The first-order valence-electron chi connectivity index (χ1n) is 3.44. The molecule has 0 aromatic carbocycles. The van der Waals surface area contributed by atoms with Gasteiger partial charge in [-0.25, -0.2) is 9.55 Å². The van der Waals surface area contributed by atoms with Gasteiger partial charge in [0, 0.05) is 12.3 Å². The molecule has 0 saturated carbocycles. The first-order valence-corrected chi connectivity index (χ1v) is 4.56. The van der Waals surface area contributed by atoms with Crippen LogP contribution in [-0.2, 0) is 6.54 Å². The van der Waals surface area contributed by atoms with Crippen LogP contribution in [0.25, 0.3) is 0 Å². The highest BCUT2D eigenvalue weighted by molar-refractivity contribution is 9.09. The summed E-state index contributed by atoms with van der Waals surface area (Å²) < 4.78 is 2.21. The van der Waals surface area contributed by atoms with Gasteiger partial charge in [0.1, 0.15) is 12.4 Å². The molecule has 0 bridgehead atoms. The Labute approximate surface area is 69.4 Å². The molecule has 0 fully saturated rings. The fourth-order valence-electron chi connectivity index (χ4n) is 0.915. The number of nitrogens with one attached hydrogen (secondary N) is 1. The largest absolute Gasteiger partial charge is 0.251 e. The molecule has 0 radical (unpaired) electrons. The molecule has 56 valence electrons. The van der Waals surface area contributed by atoms with Gasteiger partial charge in [0.15, 0.2) is 0 Å². The molecule has 1 aromatic rings. The fraction of sp³-hybridized carbons (Fsp3) is 0.571. The van der Waals surface area contributed by atoms with Crippen molar-refractivity contribution in [1.82, 2.24) is 4.98 Å². The molecule has 10 heavy (non-hydrogen) atoms. The Morgan fingerprint density at radius 2 is 2.50 bits per heavy atom. The molecular weight excluding hydrogens is 192 g/mol. The van der Waals surface area contributed by atoms with Crippen LogP contribution < -0.4 is 4.57 Å². The molecule has 1 N–H and O–H groups in total. The minimum Gasteiger partial charge on any atom is -0.248 e. The SMILES string of the molecule is Cc1[nH]cc[n+]1CCCBr. The molecule has 0 unspecified atom stereocenters. The van der Waals surface area contributed by atoms with Crippen LogP contribution in [0.4, 0.5) is 0 Å². The molecule has 1 heterocycles. The Morgan fingerprint density at radius 3 is 3.00 bits per heavy atom. The second kappa shape index (κ2) is 3.76. The van der Waals surface area contributed by atoms with E-state index in [0.29, 0.717) is 0 Å². The molecule has 0 atom stereocenters. The predicted octanol–water partition coefficient (Wildman–Crippen LogP) is 1.40. The van der Waals surface area contributed by atoms with Crippen molar-refractivity contribution in [2.45, 2.75) is 19.9 Å². The summed E-state index contributed by atoms with van der Waals surface area (Å²) in [6.07, 6.45) is 5.21. The molecule has 0 aliphatic heterocycles. The normalized spacial score (nSPS) is 10.2. The number of imidazole rings is 1. The maximum absolute atomic E-state index is 3.40. The van der Waals surface area contributed by atoms with Crippen molar-refractivity contribution in [3.8, 4) is 0 Å². The van der Waals surface area contributed by atoms with Crippen LogP contribution in [0.1, 0.15) is 12.2 Å². The van der Waals surface area contributed by atoms with E-state index in [1.165, 1.54) is 12.2 Å². The summed E-state index contributed by atoms with van der Waals surface area (Å²) in [7, 11) is 0. The first kappa shape index (κ1) is 7.79. The molecule has 1 rings (SSSR count). The zero-order valence-corrected chi connectivity index (χ0v) is 7.69. The van der Waals surface area contributed by atoms with Crippen molar-refractivity contribution in [3.05, 3.63) is 18.2 Å². The van der Waals surface area contributed by atoms with E-state index >= 15 is 0 Å². The van der Waals surface area contributed by atoms with Crippen molar-refractivity contribution in [2.75, 3.05) is 5.33 Å². The minimum absolute atomic E-state index is 1.07. The molecule has 0 amide bonds. The number of aryl methyl sites for hydroxylation is 2. The Kier molecular flexibility index (Phi) is 2.93. The first-order chi connectivity index (χ1) is 4.84. The number of aromatic amines is 1. The van der Waals surface area contributed by atoms with Gasteiger partial charge in [-0.3, -0.25) is 0 Å².